The molecule has 0 aromatic heterocycles. The van der Waals surface area contributed by atoms with Crippen molar-refractivity contribution in [3.63, 3.8) is 0 Å². The molecular formula is C15H20N2O. The molecule has 3 rings (SSSR count). The van der Waals surface area contributed by atoms with Crippen LogP contribution < -0.4 is 5.73 Å². The molecule has 1 saturated carbocycles. The van der Waals surface area contributed by atoms with Crippen LogP contribution in [0.15, 0.2) is 24.3 Å². The lowest BCUT2D eigenvalue weighted by atomic mass is 10.1. The van der Waals surface area contributed by atoms with Gasteiger partial charge in [-0.1, -0.05) is 12.1 Å². The predicted molar refractivity (Wildman–Crippen MR) is 71.5 cm³/mol. The monoisotopic (exact) mass is 244 g/mol. The van der Waals surface area contributed by atoms with Gasteiger partial charge in [-0.2, -0.15) is 0 Å². The zero-order chi connectivity index (χ0) is 12.5. The lowest BCUT2D eigenvalue weighted by Gasteiger charge is -2.26. The number of nitrogens with zero attached hydrogens (tertiary/aromatic N) is 1. The molecule has 1 heterocycles. The van der Waals surface area contributed by atoms with Gasteiger partial charge in [-0.3, -0.25) is 4.79 Å². The molecule has 3 heteroatoms. The average molecular weight is 244 g/mol. The average Bonchev–Trinajstić information content (AvgIpc) is 3.16. The Morgan fingerprint density at radius 2 is 1.72 bits per heavy atom. The van der Waals surface area contributed by atoms with Crippen LogP contribution in [0.3, 0.4) is 0 Å². The van der Waals surface area contributed by atoms with E-state index >= 15 is 0 Å². The molecule has 18 heavy (non-hydrogen) atoms. The molecular weight excluding hydrogens is 224 g/mol. The summed E-state index contributed by atoms with van der Waals surface area (Å²) in [5, 5.41) is 0. The Morgan fingerprint density at radius 1 is 1.11 bits per heavy atom. The first-order chi connectivity index (χ1) is 8.75. The molecule has 2 atom stereocenters. The van der Waals surface area contributed by atoms with Gasteiger partial charge in [0, 0.05) is 30.6 Å². The quantitative estimate of drug-likeness (QED) is 0.866. The number of hydrogen-bond acceptors (Lipinski definition) is 2. The second-order valence-electron chi connectivity index (χ2n) is 5.48. The SMILES string of the molecule is N[C@@H]1C[C@H]1c1ccc(C(=O)N2CCCCC2)cc1. The van der Waals surface area contributed by atoms with Gasteiger partial charge in [0.2, 0.25) is 0 Å². The van der Waals surface area contributed by atoms with E-state index in [1.807, 2.05) is 17.0 Å². The maximum Gasteiger partial charge on any atom is 0.253 e. The van der Waals surface area contributed by atoms with Crippen LogP contribution in [0.4, 0.5) is 0 Å². The molecule has 1 aliphatic heterocycles. The number of rotatable bonds is 2. The minimum absolute atomic E-state index is 0.182. The van der Waals surface area contributed by atoms with Crippen LogP contribution in [0.2, 0.25) is 0 Å². The summed E-state index contributed by atoms with van der Waals surface area (Å²) in [4.78, 5) is 14.2. The fourth-order valence-electron chi connectivity index (χ4n) is 2.75. The molecule has 1 aliphatic carbocycles. The Hall–Kier alpha value is -1.35. The van der Waals surface area contributed by atoms with Gasteiger partial charge in [0.1, 0.15) is 0 Å². The van der Waals surface area contributed by atoms with Crippen LogP contribution in [-0.2, 0) is 0 Å². The van der Waals surface area contributed by atoms with Crippen LogP contribution in [0, 0.1) is 0 Å². The number of piperidine rings is 1. The summed E-state index contributed by atoms with van der Waals surface area (Å²) in [5.74, 6) is 0.700. The topological polar surface area (TPSA) is 46.3 Å². The smallest absolute Gasteiger partial charge is 0.253 e. The fraction of sp³-hybridized carbons (Fsp3) is 0.533. The zero-order valence-electron chi connectivity index (χ0n) is 10.6. The van der Waals surface area contributed by atoms with E-state index in [0.717, 1.165) is 37.9 Å². The van der Waals surface area contributed by atoms with Gasteiger partial charge in [-0.05, 0) is 43.4 Å². The number of benzene rings is 1. The fourth-order valence-corrected chi connectivity index (χ4v) is 2.75. The standard InChI is InChI=1S/C15H20N2O/c16-14-10-13(14)11-4-6-12(7-5-11)15(18)17-8-2-1-3-9-17/h4-7,13-14H,1-3,8-10,16H2/t13-,14+/m0/s1. The van der Waals surface area contributed by atoms with Crippen LogP contribution in [0.25, 0.3) is 0 Å². The van der Waals surface area contributed by atoms with Gasteiger partial charge in [0.25, 0.3) is 5.91 Å². The molecule has 1 aromatic rings. The van der Waals surface area contributed by atoms with Gasteiger partial charge >= 0.3 is 0 Å². The Balaban J connectivity index is 1.69. The van der Waals surface area contributed by atoms with Crippen molar-refractivity contribution in [2.24, 2.45) is 5.73 Å². The van der Waals surface area contributed by atoms with E-state index in [-0.39, 0.29) is 5.91 Å². The molecule has 2 aliphatic rings. The van der Waals surface area contributed by atoms with Crippen molar-refractivity contribution >= 4 is 5.91 Å². The molecule has 0 spiro atoms. The van der Waals surface area contributed by atoms with Crippen molar-refractivity contribution in [2.75, 3.05) is 13.1 Å². The van der Waals surface area contributed by atoms with Gasteiger partial charge in [0.15, 0.2) is 0 Å². The number of carbonyl (C=O) groups excluding carboxylic acids is 1. The third-order valence-corrected chi connectivity index (χ3v) is 4.07. The van der Waals surface area contributed by atoms with Crippen LogP contribution >= 0.6 is 0 Å². The van der Waals surface area contributed by atoms with Gasteiger partial charge in [0.05, 0.1) is 0 Å². The second-order valence-corrected chi connectivity index (χ2v) is 5.48. The first-order valence-electron chi connectivity index (χ1n) is 6.90. The van der Waals surface area contributed by atoms with Crippen LogP contribution in [-0.4, -0.2) is 29.9 Å². The van der Waals surface area contributed by atoms with E-state index in [9.17, 15) is 4.79 Å². The number of carbonyl (C=O) groups is 1. The molecule has 96 valence electrons. The van der Waals surface area contributed by atoms with Crippen LogP contribution in [0.1, 0.15) is 47.5 Å². The molecule has 0 radical (unpaired) electrons. The summed E-state index contributed by atoms with van der Waals surface area (Å²) in [6.07, 6.45) is 4.61. The highest BCUT2D eigenvalue weighted by atomic mass is 16.2. The third-order valence-electron chi connectivity index (χ3n) is 4.07. The van der Waals surface area contributed by atoms with E-state index in [2.05, 4.69) is 12.1 Å². The molecule has 2 N–H and O–H groups in total. The highest BCUT2D eigenvalue weighted by molar-refractivity contribution is 5.94. The van der Waals surface area contributed by atoms with Gasteiger partial charge < -0.3 is 10.6 Å². The maximum absolute atomic E-state index is 12.3. The highest BCUT2D eigenvalue weighted by Gasteiger charge is 2.34. The van der Waals surface area contributed by atoms with E-state index in [0.29, 0.717) is 12.0 Å². The summed E-state index contributed by atoms with van der Waals surface area (Å²) in [7, 11) is 0. The van der Waals surface area contributed by atoms with Crippen LogP contribution in [0.5, 0.6) is 0 Å². The van der Waals surface area contributed by atoms with Gasteiger partial charge in [-0.25, -0.2) is 0 Å². The Kier molecular flexibility index (Phi) is 3.08. The van der Waals surface area contributed by atoms with Crippen molar-refractivity contribution < 1.29 is 4.79 Å². The Morgan fingerprint density at radius 3 is 2.28 bits per heavy atom. The molecule has 1 aromatic carbocycles. The normalized spacial score (nSPS) is 27.1. The van der Waals surface area contributed by atoms with Gasteiger partial charge in [-0.15, -0.1) is 0 Å². The highest BCUT2D eigenvalue weighted by Crippen LogP contribution is 2.38. The zero-order valence-corrected chi connectivity index (χ0v) is 10.6. The number of likely N-dealkylation sites (tertiary alicyclic amines) is 1. The second kappa shape index (κ2) is 4.73. The summed E-state index contributed by atoms with van der Waals surface area (Å²) in [6.45, 7) is 1.82. The molecule has 1 amide bonds. The predicted octanol–water partition coefficient (Wildman–Crippen LogP) is 2.13. The molecule has 0 bridgehead atoms. The third kappa shape index (κ3) is 2.27. The molecule has 2 fully saturated rings. The van der Waals surface area contributed by atoms with E-state index < -0.39 is 0 Å². The first kappa shape index (κ1) is 11.7. The summed E-state index contributed by atoms with van der Waals surface area (Å²) >= 11 is 0. The Labute approximate surface area is 108 Å². The van der Waals surface area contributed by atoms with E-state index in [1.165, 1.54) is 12.0 Å². The van der Waals surface area contributed by atoms with E-state index in [1.54, 1.807) is 0 Å². The van der Waals surface area contributed by atoms with E-state index in [4.69, 9.17) is 5.73 Å². The van der Waals surface area contributed by atoms with Crippen molar-refractivity contribution in [3.05, 3.63) is 35.4 Å². The lowest BCUT2D eigenvalue weighted by molar-refractivity contribution is 0.0724. The van der Waals surface area contributed by atoms with Crippen molar-refractivity contribution in [1.82, 2.24) is 4.90 Å². The summed E-state index contributed by atoms with van der Waals surface area (Å²) in [5.41, 5.74) is 7.93. The number of amides is 1. The maximum atomic E-state index is 12.3. The molecule has 1 saturated heterocycles. The lowest BCUT2D eigenvalue weighted by Crippen LogP contribution is -2.35. The molecule has 3 nitrogen and oxygen atoms in total. The number of hydrogen-bond donors (Lipinski definition) is 1. The molecule has 0 unspecified atom stereocenters. The minimum Gasteiger partial charge on any atom is -0.339 e. The Bertz CT molecular complexity index is 434. The summed E-state index contributed by atoms with van der Waals surface area (Å²) in [6, 6.07) is 8.37. The largest absolute Gasteiger partial charge is 0.339 e. The first-order valence-corrected chi connectivity index (χ1v) is 6.90. The summed E-state index contributed by atoms with van der Waals surface area (Å²) < 4.78 is 0. The van der Waals surface area contributed by atoms with Crippen molar-refractivity contribution in [3.8, 4) is 0 Å². The van der Waals surface area contributed by atoms with Crippen molar-refractivity contribution in [2.45, 2.75) is 37.6 Å². The van der Waals surface area contributed by atoms with Crippen molar-refractivity contribution in [1.29, 1.82) is 0 Å². The minimum atomic E-state index is 0.182. The number of nitrogens with two attached hydrogens (primary N) is 1.